The van der Waals surface area contributed by atoms with Gasteiger partial charge in [0.1, 0.15) is 0 Å². The molecular formula is C19H29N5O2S. The van der Waals surface area contributed by atoms with Gasteiger partial charge in [0.05, 0.1) is 28.9 Å². The summed E-state index contributed by atoms with van der Waals surface area (Å²) in [5.74, 6) is 0.239. The van der Waals surface area contributed by atoms with Crippen molar-refractivity contribution in [2.45, 2.75) is 52.2 Å². The van der Waals surface area contributed by atoms with Gasteiger partial charge in [0.15, 0.2) is 0 Å². The summed E-state index contributed by atoms with van der Waals surface area (Å²) in [6.45, 7) is 9.69. The lowest BCUT2D eigenvalue weighted by molar-refractivity contribution is 0.250. The van der Waals surface area contributed by atoms with E-state index in [1.54, 1.807) is 0 Å². The van der Waals surface area contributed by atoms with Crippen LogP contribution in [0.1, 0.15) is 51.4 Å². The van der Waals surface area contributed by atoms with Gasteiger partial charge < -0.3 is 0 Å². The van der Waals surface area contributed by atoms with Crippen LogP contribution in [0.5, 0.6) is 0 Å². The van der Waals surface area contributed by atoms with Crippen LogP contribution in [-0.4, -0.2) is 47.7 Å². The topological polar surface area (TPSA) is 71.3 Å². The summed E-state index contributed by atoms with van der Waals surface area (Å²) in [5, 5.41) is 8.50. The molecule has 7 nitrogen and oxygen atoms in total. The second-order valence-electron chi connectivity index (χ2n) is 8.25. The fraction of sp³-hybridized carbons (Fsp3) is 0.579. The molecule has 148 valence electrons. The Bertz CT molecular complexity index is 884. The molecule has 0 radical (unpaired) electrons. The Morgan fingerprint density at radius 1 is 1.22 bits per heavy atom. The van der Waals surface area contributed by atoms with Crippen molar-refractivity contribution >= 4 is 15.7 Å². The van der Waals surface area contributed by atoms with Crippen LogP contribution in [0.3, 0.4) is 0 Å². The van der Waals surface area contributed by atoms with E-state index >= 15 is 0 Å². The standard InChI is InChI=1S/C19H29N5O2S/c1-15(22(5)13-17-14-24(21-20-17)19(2,3)4)16-7-9-18(10-8-16)23-11-6-12-27(23,25)26/h7-10,14-15H,6,11-13H2,1-5H3/t15-/m0/s1. The normalized spacial score (nSPS) is 18.2. The third kappa shape index (κ3) is 4.32. The summed E-state index contributed by atoms with van der Waals surface area (Å²) in [7, 11) is -1.08. The van der Waals surface area contributed by atoms with Crippen LogP contribution in [0.4, 0.5) is 5.69 Å². The molecule has 1 aliphatic rings. The molecule has 8 heteroatoms. The quantitative estimate of drug-likeness (QED) is 0.784. The van der Waals surface area contributed by atoms with Gasteiger partial charge in [0.25, 0.3) is 0 Å². The first kappa shape index (κ1) is 19.8. The maximum atomic E-state index is 12.1. The number of hydrogen-bond acceptors (Lipinski definition) is 5. The van der Waals surface area contributed by atoms with Crippen molar-refractivity contribution in [1.82, 2.24) is 19.9 Å². The maximum Gasteiger partial charge on any atom is 0.235 e. The Labute approximate surface area is 162 Å². The Morgan fingerprint density at radius 3 is 2.41 bits per heavy atom. The van der Waals surface area contributed by atoms with Gasteiger partial charge in [-0.3, -0.25) is 9.21 Å². The summed E-state index contributed by atoms with van der Waals surface area (Å²) >= 11 is 0. The molecule has 1 atom stereocenters. The molecule has 3 rings (SSSR count). The van der Waals surface area contributed by atoms with E-state index in [4.69, 9.17) is 0 Å². The lowest BCUT2D eigenvalue weighted by Gasteiger charge is -2.25. The molecule has 1 aromatic heterocycles. The molecule has 2 heterocycles. The monoisotopic (exact) mass is 391 g/mol. The first-order valence-corrected chi connectivity index (χ1v) is 10.9. The summed E-state index contributed by atoms with van der Waals surface area (Å²) in [5.41, 5.74) is 2.74. The second kappa shape index (κ2) is 7.24. The van der Waals surface area contributed by atoms with Gasteiger partial charge in [-0.2, -0.15) is 0 Å². The molecule has 0 aliphatic carbocycles. The lowest BCUT2D eigenvalue weighted by atomic mass is 10.1. The van der Waals surface area contributed by atoms with E-state index in [0.717, 1.165) is 16.9 Å². The van der Waals surface area contributed by atoms with Gasteiger partial charge in [0.2, 0.25) is 10.0 Å². The second-order valence-corrected chi connectivity index (χ2v) is 10.3. The highest BCUT2D eigenvalue weighted by Gasteiger charge is 2.28. The van der Waals surface area contributed by atoms with Crippen LogP contribution < -0.4 is 4.31 Å². The van der Waals surface area contributed by atoms with Crippen LogP contribution in [0.25, 0.3) is 0 Å². The van der Waals surface area contributed by atoms with E-state index in [1.165, 1.54) is 4.31 Å². The van der Waals surface area contributed by atoms with Gasteiger partial charge in [-0.1, -0.05) is 17.3 Å². The molecule has 2 aromatic rings. The van der Waals surface area contributed by atoms with Crippen molar-refractivity contribution in [3.05, 3.63) is 41.7 Å². The van der Waals surface area contributed by atoms with Crippen LogP contribution in [0.2, 0.25) is 0 Å². The molecule has 1 saturated heterocycles. The number of sulfonamides is 1. The maximum absolute atomic E-state index is 12.1. The van der Waals surface area contributed by atoms with Gasteiger partial charge in [-0.25, -0.2) is 13.1 Å². The van der Waals surface area contributed by atoms with Crippen molar-refractivity contribution in [3.63, 3.8) is 0 Å². The molecule has 0 unspecified atom stereocenters. The van der Waals surface area contributed by atoms with Crippen molar-refractivity contribution < 1.29 is 8.42 Å². The number of anilines is 1. The van der Waals surface area contributed by atoms with Crippen LogP contribution >= 0.6 is 0 Å². The SMILES string of the molecule is C[C@@H](c1ccc(N2CCCS2(=O)=O)cc1)N(C)Cc1cn(C(C)(C)C)nn1. The van der Waals surface area contributed by atoms with Crippen LogP contribution in [0.15, 0.2) is 30.5 Å². The molecule has 1 aliphatic heterocycles. The van der Waals surface area contributed by atoms with E-state index in [9.17, 15) is 8.42 Å². The Balaban J connectivity index is 1.68. The molecular weight excluding hydrogens is 362 g/mol. The lowest BCUT2D eigenvalue weighted by Crippen LogP contribution is -2.25. The molecule has 1 fully saturated rings. The molecule has 0 amide bonds. The number of nitrogens with zero attached hydrogens (tertiary/aromatic N) is 5. The Hall–Kier alpha value is -1.93. The van der Waals surface area contributed by atoms with Crippen molar-refractivity contribution in [1.29, 1.82) is 0 Å². The summed E-state index contributed by atoms with van der Waals surface area (Å²) in [6.07, 6.45) is 2.68. The molecule has 1 aromatic carbocycles. The third-order valence-corrected chi connectivity index (χ3v) is 6.93. The van der Waals surface area contributed by atoms with Gasteiger partial charge in [0, 0.05) is 19.1 Å². The minimum Gasteiger partial charge on any atom is -0.294 e. The highest BCUT2D eigenvalue weighted by atomic mass is 32.2. The van der Waals surface area contributed by atoms with Gasteiger partial charge in [-0.15, -0.1) is 5.10 Å². The summed E-state index contributed by atoms with van der Waals surface area (Å²) in [4.78, 5) is 2.21. The van der Waals surface area contributed by atoms with E-state index in [1.807, 2.05) is 35.1 Å². The zero-order valence-electron chi connectivity index (χ0n) is 16.8. The van der Waals surface area contributed by atoms with E-state index in [-0.39, 0.29) is 17.3 Å². The predicted octanol–water partition coefficient (Wildman–Crippen LogP) is 2.77. The number of aromatic nitrogens is 3. The molecule has 0 saturated carbocycles. The van der Waals surface area contributed by atoms with Gasteiger partial charge in [-0.05, 0) is 58.9 Å². The predicted molar refractivity (Wildman–Crippen MR) is 107 cm³/mol. The average Bonchev–Trinajstić information content (AvgIpc) is 3.20. The summed E-state index contributed by atoms with van der Waals surface area (Å²) < 4.78 is 27.5. The van der Waals surface area contributed by atoms with Crippen molar-refractivity contribution in [2.75, 3.05) is 23.7 Å². The average molecular weight is 392 g/mol. The largest absolute Gasteiger partial charge is 0.294 e. The highest BCUT2D eigenvalue weighted by Crippen LogP contribution is 2.27. The minimum atomic E-state index is -3.13. The Morgan fingerprint density at radius 2 is 1.89 bits per heavy atom. The number of benzene rings is 1. The molecule has 0 bridgehead atoms. The van der Waals surface area contributed by atoms with Gasteiger partial charge >= 0.3 is 0 Å². The van der Waals surface area contributed by atoms with E-state index < -0.39 is 10.0 Å². The van der Waals surface area contributed by atoms with Crippen LogP contribution in [-0.2, 0) is 22.1 Å². The molecule has 27 heavy (non-hydrogen) atoms. The smallest absolute Gasteiger partial charge is 0.235 e. The highest BCUT2D eigenvalue weighted by molar-refractivity contribution is 7.93. The molecule has 0 spiro atoms. The Kier molecular flexibility index (Phi) is 5.31. The molecule has 0 N–H and O–H groups in total. The number of hydrogen-bond donors (Lipinski definition) is 0. The third-order valence-electron chi connectivity index (χ3n) is 5.06. The van der Waals surface area contributed by atoms with E-state index in [2.05, 4.69) is 50.0 Å². The number of rotatable bonds is 5. The minimum absolute atomic E-state index is 0.0822. The van der Waals surface area contributed by atoms with Crippen molar-refractivity contribution in [3.8, 4) is 0 Å². The zero-order valence-corrected chi connectivity index (χ0v) is 17.6. The van der Waals surface area contributed by atoms with Crippen molar-refractivity contribution in [2.24, 2.45) is 0 Å². The fourth-order valence-corrected chi connectivity index (χ4v) is 4.76. The fourth-order valence-electron chi connectivity index (χ4n) is 3.19. The first-order valence-electron chi connectivity index (χ1n) is 9.30. The van der Waals surface area contributed by atoms with Crippen LogP contribution in [0, 0.1) is 0 Å². The van der Waals surface area contributed by atoms with E-state index in [0.29, 0.717) is 19.5 Å². The first-order chi connectivity index (χ1) is 12.6. The summed E-state index contributed by atoms with van der Waals surface area (Å²) in [6, 6.07) is 8.00. The zero-order chi connectivity index (χ0) is 19.8.